The number of nitrogens with one attached hydrogen (secondary N) is 1. The monoisotopic (exact) mass is 265 g/mol. The number of aliphatic carboxylic acids is 1. The van der Waals surface area contributed by atoms with E-state index in [-0.39, 0.29) is 6.42 Å². The molecule has 1 rings (SSSR count). The van der Waals surface area contributed by atoms with Gasteiger partial charge in [0.25, 0.3) is 0 Å². The lowest BCUT2D eigenvalue weighted by Gasteiger charge is -2.12. The van der Waals surface area contributed by atoms with E-state index in [0.29, 0.717) is 6.42 Å². The molecule has 1 aromatic rings. The molecular formula is C15H23NO3. The van der Waals surface area contributed by atoms with Crippen molar-refractivity contribution in [2.75, 3.05) is 13.7 Å². The summed E-state index contributed by atoms with van der Waals surface area (Å²) in [6, 6.07) is 4.19. The Balaban J connectivity index is 2.40. The quantitative estimate of drug-likeness (QED) is 0.709. The Morgan fingerprint density at radius 2 is 1.95 bits per heavy atom. The molecule has 106 valence electrons. The van der Waals surface area contributed by atoms with E-state index in [1.165, 1.54) is 11.1 Å². The van der Waals surface area contributed by atoms with Crippen molar-refractivity contribution < 1.29 is 14.6 Å². The number of methoxy groups -OCH3 is 1. The SMILES string of the molecule is COc1cc(C)c(C)cc1CNCCCCC(=O)O. The third-order valence-corrected chi connectivity index (χ3v) is 3.21. The van der Waals surface area contributed by atoms with Crippen molar-refractivity contribution in [3.63, 3.8) is 0 Å². The smallest absolute Gasteiger partial charge is 0.303 e. The second-order valence-electron chi connectivity index (χ2n) is 4.78. The molecule has 0 aliphatic heterocycles. The minimum atomic E-state index is -0.726. The van der Waals surface area contributed by atoms with Crippen LogP contribution in [0.3, 0.4) is 0 Å². The Morgan fingerprint density at radius 1 is 1.26 bits per heavy atom. The lowest BCUT2D eigenvalue weighted by atomic mass is 10.0. The minimum absolute atomic E-state index is 0.245. The summed E-state index contributed by atoms with van der Waals surface area (Å²) in [5.74, 6) is 0.178. The largest absolute Gasteiger partial charge is 0.496 e. The van der Waals surface area contributed by atoms with Crippen molar-refractivity contribution in [1.82, 2.24) is 5.32 Å². The number of unbranched alkanes of at least 4 members (excludes halogenated alkanes) is 1. The van der Waals surface area contributed by atoms with Crippen molar-refractivity contribution >= 4 is 5.97 Å². The second kappa shape index (κ2) is 7.79. The number of hydrogen-bond donors (Lipinski definition) is 2. The zero-order valence-corrected chi connectivity index (χ0v) is 12.0. The summed E-state index contributed by atoms with van der Waals surface area (Å²) in [6.45, 7) is 5.73. The van der Waals surface area contributed by atoms with Crippen LogP contribution in [-0.2, 0) is 11.3 Å². The zero-order chi connectivity index (χ0) is 14.3. The lowest BCUT2D eigenvalue weighted by Crippen LogP contribution is -2.16. The topological polar surface area (TPSA) is 58.6 Å². The van der Waals surface area contributed by atoms with E-state index in [1.807, 2.05) is 0 Å². The maximum atomic E-state index is 10.4. The van der Waals surface area contributed by atoms with Gasteiger partial charge in [-0.15, -0.1) is 0 Å². The zero-order valence-electron chi connectivity index (χ0n) is 12.0. The molecule has 0 aromatic heterocycles. The first kappa shape index (κ1) is 15.5. The molecule has 2 N–H and O–H groups in total. The van der Waals surface area contributed by atoms with Gasteiger partial charge in [-0.1, -0.05) is 6.07 Å². The first-order valence-electron chi connectivity index (χ1n) is 6.61. The predicted molar refractivity (Wildman–Crippen MR) is 75.7 cm³/mol. The third kappa shape index (κ3) is 5.30. The number of aryl methyl sites for hydroxylation is 2. The molecule has 0 saturated carbocycles. The number of carboxylic acid groups (broad SMARTS) is 1. The minimum Gasteiger partial charge on any atom is -0.496 e. The molecule has 4 heteroatoms. The molecule has 1 aromatic carbocycles. The van der Waals surface area contributed by atoms with Gasteiger partial charge in [-0.05, 0) is 50.4 Å². The van der Waals surface area contributed by atoms with Crippen molar-refractivity contribution in [3.05, 3.63) is 28.8 Å². The van der Waals surface area contributed by atoms with Crippen molar-refractivity contribution in [1.29, 1.82) is 0 Å². The highest BCUT2D eigenvalue weighted by Crippen LogP contribution is 2.22. The average Bonchev–Trinajstić information content (AvgIpc) is 2.36. The van der Waals surface area contributed by atoms with Gasteiger partial charge in [0.1, 0.15) is 5.75 Å². The second-order valence-corrected chi connectivity index (χ2v) is 4.78. The Kier molecular flexibility index (Phi) is 6.36. The Labute approximate surface area is 114 Å². The molecule has 0 aliphatic carbocycles. The van der Waals surface area contributed by atoms with Crippen LogP contribution in [0.1, 0.15) is 36.0 Å². The van der Waals surface area contributed by atoms with Crippen LogP contribution in [0.25, 0.3) is 0 Å². The molecule has 0 bridgehead atoms. The highest BCUT2D eigenvalue weighted by atomic mass is 16.5. The highest BCUT2D eigenvalue weighted by molar-refractivity contribution is 5.66. The van der Waals surface area contributed by atoms with Crippen molar-refractivity contribution in [2.24, 2.45) is 0 Å². The van der Waals surface area contributed by atoms with Crippen LogP contribution in [0.2, 0.25) is 0 Å². The molecule has 0 unspecified atom stereocenters. The summed E-state index contributed by atoms with van der Waals surface area (Å²) in [4.78, 5) is 10.4. The van der Waals surface area contributed by atoms with Crippen LogP contribution in [0, 0.1) is 13.8 Å². The van der Waals surface area contributed by atoms with Crippen LogP contribution in [-0.4, -0.2) is 24.7 Å². The van der Waals surface area contributed by atoms with Gasteiger partial charge in [0.15, 0.2) is 0 Å². The molecule has 0 heterocycles. The molecule has 0 fully saturated rings. The Hall–Kier alpha value is -1.55. The van der Waals surface area contributed by atoms with Crippen LogP contribution in [0.15, 0.2) is 12.1 Å². The summed E-state index contributed by atoms with van der Waals surface area (Å²) in [6.07, 6.45) is 1.83. The Morgan fingerprint density at radius 3 is 2.58 bits per heavy atom. The van der Waals surface area contributed by atoms with Crippen molar-refractivity contribution in [2.45, 2.75) is 39.7 Å². The van der Waals surface area contributed by atoms with E-state index in [0.717, 1.165) is 30.8 Å². The molecule has 19 heavy (non-hydrogen) atoms. The summed E-state index contributed by atoms with van der Waals surface area (Å²) in [5.41, 5.74) is 3.62. The van der Waals surface area contributed by atoms with Crippen LogP contribution in [0.4, 0.5) is 0 Å². The van der Waals surface area contributed by atoms with Gasteiger partial charge in [-0.3, -0.25) is 4.79 Å². The van der Waals surface area contributed by atoms with E-state index in [9.17, 15) is 4.79 Å². The maximum Gasteiger partial charge on any atom is 0.303 e. The molecule has 0 saturated heterocycles. The van der Waals surface area contributed by atoms with E-state index in [2.05, 4.69) is 31.3 Å². The molecule has 0 atom stereocenters. The average molecular weight is 265 g/mol. The standard InChI is InChI=1S/C15H23NO3/c1-11-8-13(14(19-3)9-12(11)2)10-16-7-5-4-6-15(17)18/h8-9,16H,4-7,10H2,1-3H3,(H,17,18). The number of hydrogen-bond acceptors (Lipinski definition) is 3. The fraction of sp³-hybridized carbons (Fsp3) is 0.533. The van der Waals surface area contributed by atoms with E-state index >= 15 is 0 Å². The predicted octanol–water partition coefficient (Wildman–Crippen LogP) is 2.66. The number of ether oxygens (including phenoxy) is 1. The van der Waals surface area contributed by atoms with E-state index < -0.39 is 5.97 Å². The van der Waals surface area contributed by atoms with Gasteiger partial charge in [-0.25, -0.2) is 0 Å². The first-order chi connectivity index (χ1) is 9.04. The molecule has 0 aliphatic rings. The molecule has 0 spiro atoms. The van der Waals surface area contributed by atoms with Gasteiger partial charge >= 0.3 is 5.97 Å². The number of benzene rings is 1. The van der Waals surface area contributed by atoms with Gasteiger partial charge < -0.3 is 15.2 Å². The van der Waals surface area contributed by atoms with Crippen LogP contribution in [0.5, 0.6) is 5.75 Å². The normalized spacial score (nSPS) is 10.5. The van der Waals surface area contributed by atoms with Crippen LogP contribution < -0.4 is 10.1 Å². The summed E-state index contributed by atoms with van der Waals surface area (Å²) in [5, 5.41) is 11.9. The van der Waals surface area contributed by atoms with Crippen molar-refractivity contribution in [3.8, 4) is 5.75 Å². The fourth-order valence-corrected chi connectivity index (χ4v) is 1.93. The van der Waals surface area contributed by atoms with Gasteiger partial charge in [0, 0.05) is 18.5 Å². The molecule has 0 amide bonds. The molecule has 4 nitrogen and oxygen atoms in total. The first-order valence-corrected chi connectivity index (χ1v) is 6.61. The number of carbonyl (C=O) groups is 1. The van der Waals surface area contributed by atoms with Crippen LogP contribution >= 0.6 is 0 Å². The van der Waals surface area contributed by atoms with E-state index in [4.69, 9.17) is 9.84 Å². The molecule has 0 radical (unpaired) electrons. The number of rotatable bonds is 8. The fourth-order valence-electron chi connectivity index (χ4n) is 1.93. The lowest BCUT2D eigenvalue weighted by molar-refractivity contribution is -0.137. The summed E-state index contributed by atoms with van der Waals surface area (Å²) in [7, 11) is 1.68. The summed E-state index contributed by atoms with van der Waals surface area (Å²) >= 11 is 0. The van der Waals surface area contributed by atoms with Gasteiger partial charge in [0.2, 0.25) is 0 Å². The Bertz CT molecular complexity index is 430. The maximum absolute atomic E-state index is 10.4. The molecular weight excluding hydrogens is 242 g/mol. The highest BCUT2D eigenvalue weighted by Gasteiger charge is 2.05. The third-order valence-electron chi connectivity index (χ3n) is 3.21. The van der Waals surface area contributed by atoms with Gasteiger partial charge in [-0.2, -0.15) is 0 Å². The van der Waals surface area contributed by atoms with E-state index in [1.54, 1.807) is 7.11 Å². The number of carboxylic acids is 1. The van der Waals surface area contributed by atoms with Gasteiger partial charge in [0.05, 0.1) is 7.11 Å². The summed E-state index contributed by atoms with van der Waals surface area (Å²) < 4.78 is 5.37.